The fraction of sp³-hybridized carbons (Fsp3) is 0.520. The summed E-state index contributed by atoms with van der Waals surface area (Å²) in [5.74, 6) is 1.04. The molecule has 2 aromatic rings. The van der Waals surface area contributed by atoms with Gasteiger partial charge in [-0.15, -0.1) is 0 Å². The molecule has 0 aliphatic heterocycles. The summed E-state index contributed by atoms with van der Waals surface area (Å²) in [4.78, 5) is 2.59. The van der Waals surface area contributed by atoms with Crippen LogP contribution in [0.25, 0.3) is 0 Å². The molecule has 0 aliphatic rings. The second-order valence-corrected chi connectivity index (χ2v) is 8.15. The largest absolute Gasteiger partial charge is 0.341 e. The van der Waals surface area contributed by atoms with Gasteiger partial charge in [-0.1, -0.05) is 84.2 Å². The van der Waals surface area contributed by atoms with Gasteiger partial charge in [0.2, 0.25) is 0 Å². The lowest BCUT2D eigenvalue weighted by molar-refractivity contribution is 0.665. The summed E-state index contributed by atoms with van der Waals surface area (Å²) < 4.78 is 0. The number of anilines is 2. The molecule has 2 rings (SSSR count). The summed E-state index contributed by atoms with van der Waals surface area (Å²) in [6.07, 6.45) is 5.15. The molecule has 0 aromatic heterocycles. The Morgan fingerprint density at radius 1 is 0.808 bits per heavy atom. The molecule has 0 saturated carbocycles. The number of para-hydroxylation sites is 1. The lowest BCUT2D eigenvalue weighted by atomic mass is 9.91. The Labute approximate surface area is 161 Å². The molecule has 0 aliphatic carbocycles. The molecule has 1 nitrogen and oxygen atoms in total. The first-order valence-electron chi connectivity index (χ1n) is 10.4. The van der Waals surface area contributed by atoms with E-state index < -0.39 is 0 Å². The number of nitrogens with zero attached hydrogens (tertiary/aromatic N) is 1. The quantitative estimate of drug-likeness (QED) is 0.414. The van der Waals surface area contributed by atoms with Crippen LogP contribution in [0.2, 0.25) is 0 Å². The van der Waals surface area contributed by atoms with Gasteiger partial charge in [-0.25, -0.2) is 0 Å². The van der Waals surface area contributed by atoms with Crippen molar-refractivity contribution in [2.45, 2.75) is 79.1 Å². The van der Waals surface area contributed by atoms with Crippen molar-refractivity contribution < 1.29 is 0 Å². The number of benzene rings is 2. The van der Waals surface area contributed by atoms with Crippen LogP contribution in [0.3, 0.4) is 0 Å². The Morgan fingerprint density at radius 3 is 1.96 bits per heavy atom. The third-order valence-electron chi connectivity index (χ3n) is 5.16. The van der Waals surface area contributed by atoms with Crippen molar-refractivity contribution in [2.75, 3.05) is 11.4 Å². The number of hydrogen-bond acceptors (Lipinski definition) is 1. The minimum absolute atomic E-state index is 0.520. The van der Waals surface area contributed by atoms with Gasteiger partial charge in [0.1, 0.15) is 0 Å². The first kappa shape index (κ1) is 20.6. The van der Waals surface area contributed by atoms with Crippen molar-refractivity contribution in [2.24, 2.45) is 0 Å². The van der Waals surface area contributed by atoms with Crippen LogP contribution in [0, 0.1) is 6.92 Å². The highest BCUT2D eigenvalue weighted by Gasteiger charge is 2.20. The van der Waals surface area contributed by atoms with Crippen molar-refractivity contribution >= 4 is 11.4 Å². The molecular weight excluding hydrogens is 314 g/mol. The Kier molecular flexibility index (Phi) is 7.75. The normalized spacial score (nSPS) is 11.4. The summed E-state index contributed by atoms with van der Waals surface area (Å²) in [7, 11) is 0. The second-order valence-electron chi connectivity index (χ2n) is 8.15. The first-order chi connectivity index (χ1) is 12.5. The van der Waals surface area contributed by atoms with E-state index >= 15 is 0 Å². The smallest absolute Gasteiger partial charge is 0.0481 e. The third kappa shape index (κ3) is 5.13. The maximum atomic E-state index is 2.59. The number of aryl methyl sites for hydroxylation is 1. The summed E-state index contributed by atoms with van der Waals surface area (Å²) in [5, 5.41) is 0. The van der Waals surface area contributed by atoms with E-state index in [9.17, 15) is 0 Å². The molecular formula is C25H37N. The fourth-order valence-corrected chi connectivity index (χ4v) is 3.69. The van der Waals surface area contributed by atoms with E-state index in [4.69, 9.17) is 0 Å². The Bertz CT molecular complexity index is 658. The topological polar surface area (TPSA) is 3.24 Å². The second kappa shape index (κ2) is 9.80. The highest BCUT2D eigenvalue weighted by atomic mass is 15.1. The number of hydrogen-bond donors (Lipinski definition) is 0. The molecule has 0 unspecified atom stereocenters. The van der Waals surface area contributed by atoms with Gasteiger partial charge in [0.25, 0.3) is 0 Å². The van der Waals surface area contributed by atoms with Gasteiger partial charge in [0.05, 0.1) is 0 Å². The van der Waals surface area contributed by atoms with E-state index in [-0.39, 0.29) is 0 Å². The zero-order valence-electron chi connectivity index (χ0n) is 17.7. The van der Waals surface area contributed by atoms with Crippen LogP contribution in [-0.2, 0) is 0 Å². The molecule has 1 heteroatoms. The third-order valence-corrected chi connectivity index (χ3v) is 5.16. The Hall–Kier alpha value is -1.76. The van der Waals surface area contributed by atoms with E-state index in [1.54, 1.807) is 0 Å². The van der Waals surface area contributed by atoms with Gasteiger partial charge in [-0.3, -0.25) is 0 Å². The maximum absolute atomic E-state index is 2.59. The monoisotopic (exact) mass is 351 g/mol. The van der Waals surface area contributed by atoms with Gasteiger partial charge in [-0.2, -0.15) is 0 Å². The minimum Gasteiger partial charge on any atom is -0.341 e. The van der Waals surface area contributed by atoms with E-state index in [0.717, 1.165) is 6.54 Å². The van der Waals surface area contributed by atoms with E-state index in [1.165, 1.54) is 53.7 Å². The molecule has 0 fully saturated rings. The summed E-state index contributed by atoms with van der Waals surface area (Å²) >= 11 is 0. The van der Waals surface area contributed by atoms with Gasteiger partial charge in [0.15, 0.2) is 0 Å². The lowest BCUT2D eigenvalue weighted by Crippen LogP contribution is -2.22. The summed E-state index contributed by atoms with van der Waals surface area (Å²) in [5.41, 5.74) is 7.03. The molecule has 0 saturated heterocycles. The maximum Gasteiger partial charge on any atom is 0.0481 e. The van der Waals surface area contributed by atoms with E-state index in [1.807, 2.05) is 0 Å². The van der Waals surface area contributed by atoms with Crippen LogP contribution in [0.4, 0.5) is 11.4 Å². The van der Waals surface area contributed by atoms with E-state index in [2.05, 4.69) is 88.9 Å². The zero-order valence-corrected chi connectivity index (χ0v) is 17.7. The molecule has 0 heterocycles. The lowest BCUT2D eigenvalue weighted by Gasteiger charge is -2.32. The Morgan fingerprint density at radius 2 is 1.42 bits per heavy atom. The average molecular weight is 352 g/mol. The van der Waals surface area contributed by atoms with Crippen molar-refractivity contribution in [3.63, 3.8) is 0 Å². The SMILES string of the molecule is CCCCCCN(c1cccc(C)c1)c1c(C(C)C)cccc1C(C)C. The van der Waals surface area contributed by atoms with Gasteiger partial charge in [-0.05, 0) is 54.0 Å². The number of rotatable bonds is 9. The molecule has 142 valence electrons. The van der Waals surface area contributed by atoms with Crippen LogP contribution < -0.4 is 4.90 Å². The number of unbranched alkanes of at least 4 members (excludes halogenated alkanes) is 3. The highest BCUT2D eigenvalue weighted by Crippen LogP contribution is 2.39. The van der Waals surface area contributed by atoms with Crippen LogP contribution in [0.1, 0.15) is 88.8 Å². The van der Waals surface area contributed by atoms with Crippen LogP contribution in [-0.4, -0.2) is 6.54 Å². The van der Waals surface area contributed by atoms with Crippen LogP contribution in [0.15, 0.2) is 42.5 Å². The standard InChI is InChI=1S/C25H37N/c1-7-8-9-10-17-26(22-14-11-13-21(6)18-22)25-23(19(2)3)15-12-16-24(25)20(4)5/h11-16,18-20H,7-10,17H2,1-6H3. The molecule has 2 aromatic carbocycles. The Balaban J connectivity index is 2.53. The van der Waals surface area contributed by atoms with Gasteiger partial charge >= 0.3 is 0 Å². The van der Waals surface area contributed by atoms with Crippen LogP contribution in [0.5, 0.6) is 0 Å². The molecule has 0 N–H and O–H groups in total. The summed E-state index contributed by atoms with van der Waals surface area (Å²) in [6.45, 7) is 14.8. The first-order valence-corrected chi connectivity index (χ1v) is 10.4. The van der Waals surface area contributed by atoms with Gasteiger partial charge in [0, 0.05) is 17.9 Å². The van der Waals surface area contributed by atoms with Crippen molar-refractivity contribution in [3.8, 4) is 0 Å². The van der Waals surface area contributed by atoms with Crippen molar-refractivity contribution in [1.82, 2.24) is 0 Å². The highest BCUT2D eigenvalue weighted by molar-refractivity contribution is 5.71. The zero-order chi connectivity index (χ0) is 19.1. The van der Waals surface area contributed by atoms with E-state index in [0.29, 0.717) is 11.8 Å². The molecule has 26 heavy (non-hydrogen) atoms. The predicted molar refractivity (Wildman–Crippen MR) is 117 cm³/mol. The molecule has 0 spiro atoms. The van der Waals surface area contributed by atoms with Gasteiger partial charge < -0.3 is 4.90 Å². The fourth-order valence-electron chi connectivity index (χ4n) is 3.69. The molecule has 0 amide bonds. The van der Waals surface area contributed by atoms with Crippen LogP contribution >= 0.6 is 0 Å². The van der Waals surface area contributed by atoms with Crippen molar-refractivity contribution in [3.05, 3.63) is 59.2 Å². The predicted octanol–water partition coefficient (Wildman–Crippen LogP) is 7.96. The van der Waals surface area contributed by atoms with Crippen molar-refractivity contribution in [1.29, 1.82) is 0 Å². The molecule has 0 radical (unpaired) electrons. The summed E-state index contributed by atoms with van der Waals surface area (Å²) in [6, 6.07) is 15.9. The minimum atomic E-state index is 0.520. The molecule has 0 bridgehead atoms. The average Bonchev–Trinajstić information content (AvgIpc) is 2.61. The molecule has 0 atom stereocenters.